The van der Waals surface area contributed by atoms with Crippen LogP contribution in [-0.2, 0) is 64.2 Å². The summed E-state index contributed by atoms with van der Waals surface area (Å²) in [4.78, 5) is 89.7. The fraction of sp³-hybridized carbons (Fsp3) is 0.340. The van der Waals surface area contributed by atoms with Gasteiger partial charge in [0.25, 0.3) is 0 Å². The molecule has 0 aliphatic carbocycles. The standard InChI is InChI=1S/C47H57N7O12/c1-26(42(59)54-41(45(62)50-24-39(57)58)28(3)66-25-32-7-5-4-6-8-32)51-46(63)40(27(2)55)53-44(61)38(23-31-13-19-35(56)20-14-31)52-43(60)36(48)21-29-9-15-33(16-10-29)34-17-11-30(12-18-34)22-37(49)47(64)65/h4-20,26-28,36-38,40-41,55-56H,21-25,48-49H2,1-3H3,(H,50,62)(H,51,63)(H,52,60)(H,53,61)(H,54,59)(H,57,58)(H,64,65)/t26-,27+,28+,36-,37-,38-,40-,41-/m0/s1. The van der Waals surface area contributed by atoms with Gasteiger partial charge in [-0.25, -0.2) is 0 Å². The average Bonchev–Trinajstić information content (AvgIpc) is 3.29. The van der Waals surface area contributed by atoms with Crippen LogP contribution in [0.5, 0.6) is 5.75 Å². The fourth-order valence-corrected chi connectivity index (χ4v) is 6.58. The molecule has 0 aliphatic rings. The summed E-state index contributed by atoms with van der Waals surface area (Å²) in [6, 6.07) is 21.4. The first-order valence-electron chi connectivity index (χ1n) is 21.1. The predicted molar refractivity (Wildman–Crippen MR) is 241 cm³/mol. The summed E-state index contributed by atoms with van der Waals surface area (Å²) in [5, 5.41) is 50.9. The van der Waals surface area contributed by atoms with E-state index < -0.39 is 96.5 Å². The summed E-state index contributed by atoms with van der Waals surface area (Å²) in [6.07, 6.45) is -2.36. The number of rotatable bonds is 24. The van der Waals surface area contributed by atoms with Gasteiger partial charge in [0.2, 0.25) is 29.5 Å². The second-order valence-corrected chi connectivity index (χ2v) is 15.8. The van der Waals surface area contributed by atoms with Gasteiger partial charge in [0.1, 0.15) is 42.5 Å². The average molecular weight is 912 g/mol. The number of hydrogen-bond acceptors (Lipinski definition) is 12. The summed E-state index contributed by atoms with van der Waals surface area (Å²) in [7, 11) is 0. The Labute approximate surface area is 381 Å². The van der Waals surface area contributed by atoms with Crippen LogP contribution >= 0.6 is 0 Å². The van der Waals surface area contributed by atoms with Crippen molar-refractivity contribution in [1.82, 2.24) is 26.6 Å². The zero-order valence-electron chi connectivity index (χ0n) is 36.7. The molecule has 8 atom stereocenters. The van der Waals surface area contributed by atoms with Crippen LogP contribution in [-0.4, -0.2) is 117 Å². The van der Waals surface area contributed by atoms with E-state index >= 15 is 0 Å². The van der Waals surface area contributed by atoms with Crippen molar-refractivity contribution in [3.63, 3.8) is 0 Å². The van der Waals surface area contributed by atoms with Crippen LogP contribution in [0.15, 0.2) is 103 Å². The fourth-order valence-electron chi connectivity index (χ4n) is 6.58. The van der Waals surface area contributed by atoms with Gasteiger partial charge in [-0.05, 0) is 79.1 Å². The van der Waals surface area contributed by atoms with Gasteiger partial charge < -0.3 is 63.2 Å². The summed E-state index contributed by atoms with van der Waals surface area (Å²) in [6.45, 7) is 3.35. The molecule has 4 rings (SSSR count). The molecule has 0 aliphatic heterocycles. The van der Waals surface area contributed by atoms with E-state index in [1.165, 1.54) is 45.0 Å². The third kappa shape index (κ3) is 16.1. The topological polar surface area (TPSA) is 322 Å². The first-order valence-corrected chi connectivity index (χ1v) is 21.1. The van der Waals surface area contributed by atoms with Crippen molar-refractivity contribution in [3.8, 4) is 16.9 Å². The molecule has 0 bridgehead atoms. The van der Waals surface area contributed by atoms with Gasteiger partial charge >= 0.3 is 11.9 Å². The molecule has 4 aromatic carbocycles. The van der Waals surface area contributed by atoms with Crippen molar-refractivity contribution in [2.24, 2.45) is 11.5 Å². The molecule has 0 saturated heterocycles. The highest BCUT2D eigenvalue weighted by Gasteiger charge is 2.34. The number of aromatic hydroxyl groups is 1. The minimum atomic E-state index is -1.65. The van der Waals surface area contributed by atoms with Crippen LogP contribution < -0.4 is 38.1 Å². The molecule has 0 unspecified atom stereocenters. The van der Waals surface area contributed by atoms with Crippen molar-refractivity contribution in [1.29, 1.82) is 0 Å². The Bertz CT molecular complexity index is 2280. The third-order valence-corrected chi connectivity index (χ3v) is 10.4. The summed E-state index contributed by atoms with van der Waals surface area (Å²) in [5.41, 5.74) is 16.5. The Morgan fingerprint density at radius 1 is 0.561 bits per heavy atom. The lowest BCUT2D eigenvalue weighted by Crippen LogP contribution is -2.61. The minimum Gasteiger partial charge on any atom is -0.508 e. The van der Waals surface area contributed by atoms with Gasteiger partial charge in [-0.15, -0.1) is 0 Å². The molecule has 19 heteroatoms. The summed E-state index contributed by atoms with van der Waals surface area (Å²) < 4.78 is 5.82. The number of aliphatic hydroxyl groups excluding tert-OH is 1. The number of aliphatic carboxylic acids is 2. The number of ether oxygens (including phenoxy) is 1. The minimum absolute atomic E-state index is 0.0420. The SMILES string of the molecule is C[C@H](NC(=O)[C@@H](NC(=O)[C@H](Cc1ccc(O)cc1)NC(=O)[C@@H](N)Cc1ccc(-c2ccc(C[C@H](N)C(=O)O)cc2)cc1)[C@@H](C)O)C(=O)N[C@H](C(=O)NCC(=O)O)[C@@H](C)OCc1ccccc1. The first-order chi connectivity index (χ1) is 31.3. The Hall–Kier alpha value is -7.19. The Morgan fingerprint density at radius 2 is 1.08 bits per heavy atom. The number of nitrogens with one attached hydrogen (secondary N) is 5. The molecule has 13 N–H and O–H groups in total. The van der Waals surface area contributed by atoms with Crippen molar-refractivity contribution in [2.75, 3.05) is 6.54 Å². The van der Waals surface area contributed by atoms with E-state index in [0.29, 0.717) is 11.1 Å². The van der Waals surface area contributed by atoms with E-state index in [2.05, 4.69) is 26.6 Å². The molecule has 4 aromatic rings. The lowest BCUT2D eigenvalue weighted by atomic mass is 9.98. The van der Waals surface area contributed by atoms with E-state index in [0.717, 1.165) is 22.3 Å². The number of nitrogens with two attached hydrogens (primary N) is 2. The lowest BCUT2D eigenvalue weighted by molar-refractivity contribution is -0.140. The molecule has 0 spiro atoms. The van der Waals surface area contributed by atoms with Gasteiger partial charge in [0, 0.05) is 6.42 Å². The van der Waals surface area contributed by atoms with Crippen molar-refractivity contribution >= 4 is 41.5 Å². The zero-order chi connectivity index (χ0) is 48.5. The largest absolute Gasteiger partial charge is 0.508 e. The summed E-state index contributed by atoms with van der Waals surface area (Å²) >= 11 is 0. The maximum atomic E-state index is 13.9. The highest BCUT2D eigenvalue weighted by molar-refractivity contribution is 5.96. The van der Waals surface area contributed by atoms with E-state index in [4.69, 9.17) is 26.4 Å². The number of phenols is 1. The number of aliphatic hydroxyl groups is 1. The molecular weight excluding hydrogens is 855 g/mol. The number of carboxylic acid groups (broad SMARTS) is 2. The molecule has 0 radical (unpaired) electrons. The third-order valence-electron chi connectivity index (χ3n) is 10.4. The molecule has 5 amide bonds. The number of amides is 5. The van der Waals surface area contributed by atoms with Crippen LogP contribution in [0.25, 0.3) is 11.1 Å². The lowest BCUT2D eigenvalue weighted by Gasteiger charge is -2.28. The molecule has 0 saturated carbocycles. The molecule has 66 heavy (non-hydrogen) atoms. The second-order valence-electron chi connectivity index (χ2n) is 15.8. The monoisotopic (exact) mass is 911 g/mol. The second kappa shape index (κ2) is 24.8. The number of carbonyl (C=O) groups is 7. The maximum Gasteiger partial charge on any atom is 0.322 e. The molecule has 0 aromatic heterocycles. The Morgan fingerprint density at radius 3 is 1.61 bits per heavy atom. The molecule has 352 valence electrons. The van der Waals surface area contributed by atoms with Crippen LogP contribution in [0, 0.1) is 0 Å². The summed E-state index contributed by atoms with van der Waals surface area (Å²) in [5.74, 6) is -6.78. The normalized spacial score (nSPS) is 14.7. The van der Waals surface area contributed by atoms with E-state index in [9.17, 15) is 43.8 Å². The Kier molecular flexibility index (Phi) is 19.3. The van der Waals surface area contributed by atoms with Gasteiger partial charge in [-0.1, -0.05) is 91.0 Å². The predicted octanol–water partition coefficient (Wildman–Crippen LogP) is 0.272. The smallest absolute Gasteiger partial charge is 0.322 e. The van der Waals surface area contributed by atoms with Crippen LogP contribution in [0.3, 0.4) is 0 Å². The van der Waals surface area contributed by atoms with Gasteiger partial charge in [-0.3, -0.25) is 33.6 Å². The molecule has 0 fully saturated rings. The quantitative estimate of drug-likeness (QED) is 0.0450. The Balaban J connectivity index is 1.42. The van der Waals surface area contributed by atoms with Gasteiger partial charge in [0.15, 0.2) is 0 Å². The van der Waals surface area contributed by atoms with Gasteiger partial charge in [0.05, 0.1) is 24.9 Å². The number of phenolic OH excluding ortho intramolecular Hbond substituents is 1. The van der Waals surface area contributed by atoms with E-state index in [1.807, 2.05) is 30.3 Å². The van der Waals surface area contributed by atoms with Crippen LogP contribution in [0.2, 0.25) is 0 Å². The van der Waals surface area contributed by atoms with Gasteiger partial charge in [-0.2, -0.15) is 0 Å². The first kappa shape index (κ1) is 51.4. The van der Waals surface area contributed by atoms with Crippen LogP contribution in [0.1, 0.15) is 43.0 Å². The number of carboxylic acids is 2. The van der Waals surface area contributed by atoms with Crippen LogP contribution in [0.4, 0.5) is 0 Å². The molecule has 19 nitrogen and oxygen atoms in total. The number of hydrogen-bond donors (Lipinski definition) is 11. The molecule has 0 heterocycles. The molecular formula is C47H57N7O12. The maximum absolute atomic E-state index is 13.9. The van der Waals surface area contributed by atoms with Crippen molar-refractivity contribution < 1.29 is 58.7 Å². The van der Waals surface area contributed by atoms with Crippen molar-refractivity contribution in [2.45, 2.75) is 95.1 Å². The van der Waals surface area contributed by atoms with E-state index in [1.54, 1.807) is 48.5 Å². The zero-order valence-corrected chi connectivity index (χ0v) is 36.7. The number of carbonyl (C=O) groups excluding carboxylic acids is 5. The highest BCUT2D eigenvalue weighted by Crippen LogP contribution is 2.22. The highest BCUT2D eigenvalue weighted by atomic mass is 16.5. The van der Waals surface area contributed by atoms with Crippen molar-refractivity contribution in [3.05, 3.63) is 125 Å². The number of benzene rings is 4. The van der Waals surface area contributed by atoms with E-state index in [-0.39, 0.29) is 31.6 Å².